The molecule has 0 radical (unpaired) electrons. The molecule has 2 aromatic heterocycles. The molecule has 28 heavy (non-hydrogen) atoms. The number of piperidine rings is 1. The van der Waals surface area contributed by atoms with Gasteiger partial charge in [0.25, 0.3) is 10.0 Å². The van der Waals surface area contributed by atoms with Gasteiger partial charge in [-0.15, -0.1) is 11.3 Å². The first-order chi connectivity index (χ1) is 13.4. The zero-order valence-electron chi connectivity index (χ0n) is 15.5. The molecule has 6 nitrogen and oxygen atoms in total. The van der Waals surface area contributed by atoms with Crippen molar-refractivity contribution in [3.8, 4) is 0 Å². The molecular weight excluding hydrogens is 394 g/mol. The van der Waals surface area contributed by atoms with E-state index < -0.39 is 10.0 Å². The third kappa shape index (κ3) is 3.67. The molecule has 3 aromatic rings. The molecule has 1 fully saturated rings. The van der Waals surface area contributed by atoms with E-state index in [9.17, 15) is 13.2 Å². The molecule has 8 heteroatoms. The highest BCUT2D eigenvalue weighted by atomic mass is 32.2. The number of anilines is 1. The van der Waals surface area contributed by atoms with E-state index in [2.05, 4.69) is 10.3 Å². The Labute approximate surface area is 168 Å². The van der Waals surface area contributed by atoms with Crippen LogP contribution in [0.25, 0.3) is 10.9 Å². The summed E-state index contributed by atoms with van der Waals surface area (Å²) in [7, 11) is -3.56. The highest BCUT2D eigenvalue weighted by Gasteiger charge is 2.34. The third-order valence-corrected chi connectivity index (χ3v) is 8.29. The first-order valence-electron chi connectivity index (χ1n) is 9.16. The van der Waals surface area contributed by atoms with E-state index in [1.54, 1.807) is 18.3 Å². The summed E-state index contributed by atoms with van der Waals surface area (Å²) >= 11 is 1.26. The number of nitrogens with one attached hydrogen (secondary N) is 1. The Kier molecular flexibility index (Phi) is 5.18. The van der Waals surface area contributed by atoms with Gasteiger partial charge in [0.05, 0.1) is 17.1 Å². The van der Waals surface area contributed by atoms with Gasteiger partial charge >= 0.3 is 0 Å². The van der Waals surface area contributed by atoms with Crippen molar-refractivity contribution in [2.45, 2.75) is 24.0 Å². The zero-order chi connectivity index (χ0) is 19.7. The van der Waals surface area contributed by atoms with Gasteiger partial charge in [-0.3, -0.25) is 9.78 Å². The second-order valence-electron chi connectivity index (χ2n) is 6.94. The summed E-state index contributed by atoms with van der Waals surface area (Å²) in [5.74, 6) is -0.552. The molecule has 146 valence electrons. The van der Waals surface area contributed by atoms with Crippen molar-refractivity contribution < 1.29 is 13.2 Å². The van der Waals surface area contributed by atoms with Crippen LogP contribution in [-0.2, 0) is 14.8 Å². The smallest absolute Gasteiger partial charge is 0.252 e. The highest BCUT2D eigenvalue weighted by molar-refractivity contribution is 7.91. The number of carbonyl (C=O) groups is 1. The van der Waals surface area contributed by atoms with Gasteiger partial charge in [-0.25, -0.2) is 8.42 Å². The first-order valence-corrected chi connectivity index (χ1v) is 11.4. The maximum atomic E-state index is 12.9. The van der Waals surface area contributed by atoms with Crippen LogP contribution in [0.2, 0.25) is 0 Å². The van der Waals surface area contributed by atoms with Crippen LogP contribution in [0, 0.1) is 12.8 Å². The van der Waals surface area contributed by atoms with E-state index in [0.717, 1.165) is 15.8 Å². The minimum atomic E-state index is -3.56. The topological polar surface area (TPSA) is 79.4 Å². The number of carbonyl (C=O) groups excluding carboxylic acids is 1. The normalized spacial score (nSPS) is 18.2. The number of hydrogen-bond acceptors (Lipinski definition) is 5. The lowest BCUT2D eigenvalue weighted by molar-refractivity contribution is -0.120. The first kappa shape index (κ1) is 19.0. The Morgan fingerprint density at radius 2 is 2.04 bits per heavy atom. The summed E-state index contributed by atoms with van der Waals surface area (Å²) in [4.78, 5) is 18.2. The third-order valence-electron chi connectivity index (χ3n) is 4.96. The second-order valence-corrected chi connectivity index (χ2v) is 10.4. The number of aromatic nitrogens is 1. The molecule has 0 unspecified atom stereocenters. The fourth-order valence-electron chi connectivity index (χ4n) is 3.49. The van der Waals surface area contributed by atoms with Crippen LogP contribution < -0.4 is 5.32 Å². The van der Waals surface area contributed by atoms with Crippen LogP contribution in [0.4, 0.5) is 5.69 Å². The molecule has 3 heterocycles. The summed E-state index contributed by atoms with van der Waals surface area (Å²) < 4.78 is 27.6. The number of thiophene rings is 1. The lowest BCUT2D eigenvalue weighted by Gasteiger charge is -2.30. The zero-order valence-corrected chi connectivity index (χ0v) is 17.1. The van der Waals surface area contributed by atoms with E-state index in [4.69, 9.17) is 0 Å². The number of hydrogen-bond donors (Lipinski definition) is 1. The van der Waals surface area contributed by atoms with Crippen molar-refractivity contribution in [1.82, 2.24) is 9.29 Å². The standard InChI is InChI=1S/C20H21N3O3S2/c1-14-9-10-18(27-14)28(25,26)23-12-4-7-16(13-23)20(24)22-17-8-2-5-15-6-3-11-21-19(15)17/h2-3,5-6,8-11,16H,4,7,12-13H2,1H3,(H,22,24)/t16-/m1/s1. The number of sulfonamides is 1. The predicted octanol–water partition coefficient (Wildman–Crippen LogP) is 3.64. The number of fused-ring (bicyclic) bond motifs is 1. The molecule has 1 saturated heterocycles. The van der Waals surface area contributed by atoms with Crippen LogP contribution in [0.15, 0.2) is 52.9 Å². The monoisotopic (exact) mass is 415 g/mol. The number of amides is 1. The molecule has 0 spiro atoms. The Hall–Kier alpha value is -2.29. The maximum absolute atomic E-state index is 12.9. The SMILES string of the molecule is Cc1ccc(S(=O)(=O)N2CCC[C@@H](C(=O)Nc3cccc4cccnc34)C2)s1. The van der Waals surface area contributed by atoms with Gasteiger partial charge in [-0.2, -0.15) is 4.31 Å². The maximum Gasteiger partial charge on any atom is 0.252 e. The fourth-order valence-corrected chi connectivity index (χ4v) is 6.45. The van der Waals surface area contributed by atoms with E-state index >= 15 is 0 Å². The Morgan fingerprint density at radius 1 is 1.21 bits per heavy atom. The number of aryl methyl sites for hydroxylation is 1. The van der Waals surface area contributed by atoms with Crippen LogP contribution in [0.1, 0.15) is 17.7 Å². The average molecular weight is 416 g/mol. The number of rotatable bonds is 4. The Bertz CT molecular complexity index is 1120. The summed E-state index contributed by atoms with van der Waals surface area (Å²) in [6.07, 6.45) is 3.02. The summed E-state index contributed by atoms with van der Waals surface area (Å²) in [5.41, 5.74) is 1.38. The van der Waals surface area contributed by atoms with E-state index in [-0.39, 0.29) is 18.4 Å². The Morgan fingerprint density at radius 3 is 2.82 bits per heavy atom. The molecule has 1 amide bonds. The summed E-state index contributed by atoms with van der Waals surface area (Å²) in [5, 5.41) is 3.90. The van der Waals surface area contributed by atoms with Crippen LogP contribution >= 0.6 is 11.3 Å². The molecular formula is C20H21N3O3S2. The van der Waals surface area contributed by atoms with Gasteiger partial charge in [-0.1, -0.05) is 18.2 Å². The molecule has 1 aliphatic rings. The van der Waals surface area contributed by atoms with Gasteiger partial charge < -0.3 is 5.32 Å². The van der Waals surface area contributed by atoms with Gasteiger partial charge in [0.2, 0.25) is 5.91 Å². The lowest BCUT2D eigenvalue weighted by Crippen LogP contribution is -2.43. The van der Waals surface area contributed by atoms with Crippen LogP contribution in [-0.4, -0.2) is 36.7 Å². The van der Waals surface area contributed by atoms with Crippen molar-refractivity contribution in [3.63, 3.8) is 0 Å². The molecule has 1 aliphatic heterocycles. The van der Waals surface area contributed by atoms with Crippen molar-refractivity contribution >= 4 is 43.9 Å². The molecule has 1 aromatic carbocycles. The molecule has 4 rings (SSSR count). The summed E-state index contributed by atoms with van der Waals surface area (Å²) in [6, 6.07) is 12.9. The largest absolute Gasteiger partial charge is 0.324 e. The van der Waals surface area contributed by atoms with Crippen molar-refractivity contribution in [1.29, 1.82) is 0 Å². The number of nitrogens with zero attached hydrogens (tertiary/aromatic N) is 2. The average Bonchev–Trinajstić information content (AvgIpc) is 3.15. The van der Waals surface area contributed by atoms with E-state index in [0.29, 0.717) is 29.3 Å². The van der Waals surface area contributed by atoms with Crippen LogP contribution in [0.5, 0.6) is 0 Å². The molecule has 0 saturated carbocycles. The number of para-hydroxylation sites is 1. The van der Waals surface area contributed by atoms with Gasteiger partial charge in [0.1, 0.15) is 4.21 Å². The molecule has 0 aliphatic carbocycles. The van der Waals surface area contributed by atoms with Gasteiger partial charge in [-0.05, 0) is 44.0 Å². The van der Waals surface area contributed by atoms with E-state index in [1.807, 2.05) is 37.3 Å². The molecule has 0 bridgehead atoms. The van der Waals surface area contributed by atoms with Crippen LogP contribution in [0.3, 0.4) is 0 Å². The minimum Gasteiger partial charge on any atom is -0.324 e. The van der Waals surface area contributed by atoms with E-state index in [1.165, 1.54) is 15.6 Å². The highest BCUT2D eigenvalue weighted by Crippen LogP contribution is 2.29. The van der Waals surface area contributed by atoms with Gasteiger partial charge in [0.15, 0.2) is 0 Å². The minimum absolute atomic E-state index is 0.166. The Balaban J connectivity index is 1.52. The van der Waals surface area contributed by atoms with Gasteiger partial charge in [0, 0.05) is 29.5 Å². The number of pyridine rings is 1. The fraction of sp³-hybridized carbons (Fsp3) is 0.300. The summed E-state index contributed by atoms with van der Waals surface area (Å²) in [6.45, 7) is 2.52. The van der Waals surface area contributed by atoms with Crippen molar-refractivity contribution in [2.24, 2.45) is 5.92 Å². The lowest BCUT2D eigenvalue weighted by atomic mass is 9.98. The molecule has 1 atom stereocenters. The quantitative estimate of drug-likeness (QED) is 0.705. The number of benzene rings is 1. The van der Waals surface area contributed by atoms with Crippen molar-refractivity contribution in [2.75, 3.05) is 18.4 Å². The van der Waals surface area contributed by atoms with Crippen molar-refractivity contribution in [3.05, 3.63) is 53.5 Å². The molecule has 1 N–H and O–H groups in total. The predicted molar refractivity (Wildman–Crippen MR) is 111 cm³/mol. The second kappa shape index (κ2) is 7.62.